The van der Waals surface area contributed by atoms with Crippen LogP contribution in [0.2, 0.25) is 0 Å². The first-order chi connectivity index (χ1) is 6.88. The van der Waals surface area contributed by atoms with E-state index in [1.165, 1.54) is 0 Å². The minimum atomic E-state index is -2.93. The zero-order chi connectivity index (χ0) is 11.5. The summed E-state index contributed by atoms with van der Waals surface area (Å²) in [5.74, 6) is -3.33. The fourth-order valence-corrected chi connectivity index (χ4v) is 1.63. The van der Waals surface area contributed by atoms with Gasteiger partial charge in [0.15, 0.2) is 0 Å². The normalized spacial score (nSPS) is 27.5. The largest absolute Gasteiger partial charge is 0.381 e. The Balaban J connectivity index is 2.36. The van der Waals surface area contributed by atoms with Gasteiger partial charge in [0, 0.05) is 12.6 Å². The molecule has 0 aliphatic carbocycles. The van der Waals surface area contributed by atoms with Crippen molar-refractivity contribution in [3.05, 3.63) is 0 Å². The highest BCUT2D eigenvalue weighted by molar-refractivity contribution is 5.77. The van der Waals surface area contributed by atoms with Crippen molar-refractivity contribution >= 4 is 5.91 Å². The predicted octanol–water partition coefficient (Wildman–Crippen LogP) is 1.57. The first-order valence-corrected chi connectivity index (χ1v) is 5.13. The van der Waals surface area contributed by atoms with Gasteiger partial charge in [0.2, 0.25) is 5.91 Å². The van der Waals surface area contributed by atoms with Crippen molar-refractivity contribution in [3.8, 4) is 0 Å². The SMILES string of the molecule is CC1COCCC1NC(=O)CC(C)(F)F. The maximum absolute atomic E-state index is 12.5. The lowest BCUT2D eigenvalue weighted by atomic mass is 9.97. The fourth-order valence-electron chi connectivity index (χ4n) is 1.63. The highest BCUT2D eigenvalue weighted by atomic mass is 19.3. The maximum atomic E-state index is 12.5. The van der Waals surface area contributed by atoms with E-state index in [2.05, 4.69) is 5.32 Å². The number of hydrogen-bond donors (Lipinski definition) is 1. The Morgan fingerprint density at radius 1 is 1.60 bits per heavy atom. The topological polar surface area (TPSA) is 38.3 Å². The molecule has 88 valence electrons. The van der Waals surface area contributed by atoms with E-state index < -0.39 is 18.3 Å². The van der Waals surface area contributed by atoms with Gasteiger partial charge in [-0.1, -0.05) is 6.92 Å². The monoisotopic (exact) mass is 221 g/mol. The van der Waals surface area contributed by atoms with Crippen LogP contribution in [0.15, 0.2) is 0 Å². The number of nitrogens with one attached hydrogen (secondary N) is 1. The van der Waals surface area contributed by atoms with E-state index in [0.29, 0.717) is 19.6 Å². The number of amides is 1. The van der Waals surface area contributed by atoms with E-state index in [1.807, 2.05) is 6.92 Å². The van der Waals surface area contributed by atoms with Gasteiger partial charge in [0.25, 0.3) is 5.92 Å². The Labute approximate surface area is 88.2 Å². The van der Waals surface area contributed by atoms with E-state index >= 15 is 0 Å². The van der Waals surface area contributed by atoms with Crippen LogP contribution in [0.5, 0.6) is 0 Å². The van der Waals surface area contributed by atoms with E-state index in [9.17, 15) is 13.6 Å². The van der Waals surface area contributed by atoms with Crippen molar-refractivity contribution in [1.29, 1.82) is 0 Å². The summed E-state index contributed by atoms with van der Waals surface area (Å²) in [5, 5.41) is 2.63. The molecule has 1 heterocycles. The predicted molar refractivity (Wildman–Crippen MR) is 51.8 cm³/mol. The molecule has 1 aliphatic rings. The molecule has 1 fully saturated rings. The molecule has 0 saturated carbocycles. The van der Waals surface area contributed by atoms with Gasteiger partial charge in [-0.05, 0) is 19.3 Å². The van der Waals surface area contributed by atoms with Crippen molar-refractivity contribution in [2.24, 2.45) is 5.92 Å². The van der Waals surface area contributed by atoms with Crippen LogP contribution in [-0.4, -0.2) is 31.1 Å². The Morgan fingerprint density at radius 3 is 2.80 bits per heavy atom. The zero-order valence-electron chi connectivity index (χ0n) is 9.06. The Bertz CT molecular complexity index is 228. The summed E-state index contributed by atoms with van der Waals surface area (Å²) < 4.78 is 30.3. The van der Waals surface area contributed by atoms with Crippen LogP contribution < -0.4 is 5.32 Å². The van der Waals surface area contributed by atoms with Crippen LogP contribution in [-0.2, 0) is 9.53 Å². The third-order valence-corrected chi connectivity index (χ3v) is 2.46. The third kappa shape index (κ3) is 4.55. The van der Waals surface area contributed by atoms with Crippen molar-refractivity contribution < 1.29 is 18.3 Å². The molecule has 5 heteroatoms. The van der Waals surface area contributed by atoms with Gasteiger partial charge in [-0.15, -0.1) is 0 Å². The molecule has 0 bridgehead atoms. The molecule has 3 nitrogen and oxygen atoms in total. The van der Waals surface area contributed by atoms with Crippen molar-refractivity contribution in [2.75, 3.05) is 13.2 Å². The van der Waals surface area contributed by atoms with Gasteiger partial charge in [0.05, 0.1) is 13.0 Å². The Kier molecular flexibility index (Phi) is 4.02. The molecule has 0 aromatic rings. The summed E-state index contributed by atoms with van der Waals surface area (Å²) in [6, 6.07) is -0.0337. The number of ether oxygens (including phenoxy) is 1. The van der Waals surface area contributed by atoms with Crippen LogP contribution in [0.3, 0.4) is 0 Å². The van der Waals surface area contributed by atoms with E-state index in [1.54, 1.807) is 0 Å². The number of hydrogen-bond acceptors (Lipinski definition) is 2. The van der Waals surface area contributed by atoms with Crippen LogP contribution in [0.25, 0.3) is 0 Å². The zero-order valence-corrected chi connectivity index (χ0v) is 9.06. The Hall–Kier alpha value is -0.710. The third-order valence-electron chi connectivity index (χ3n) is 2.46. The maximum Gasteiger partial charge on any atom is 0.254 e. The van der Waals surface area contributed by atoms with Crippen LogP contribution in [0, 0.1) is 5.92 Å². The van der Waals surface area contributed by atoms with Crippen molar-refractivity contribution in [2.45, 2.75) is 38.7 Å². The molecule has 1 N–H and O–H groups in total. The smallest absolute Gasteiger partial charge is 0.254 e. The molecular weight excluding hydrogens is 204 g/mol. The summed E-state index contributed by atoms with van der Waals surface area (Å²) in [7, 11) is 0. The molecule has 15 heavy (non-hydrogen) atoms. The summed E-state index contributed by atoms with van der Waals surface area (Å²) >= 11 is 0. The number of alkyl halides is 2. The van der Waals surface area contributed by atoms with Crippen LogP contribution >= 0.6 is 0 Å². The summed E-state index contributed by atoms with van der Waals surface area (Å²) in [6.45, 7) is 3.85. The van der Waals surface area contributed by atoms with Gasteiger partial charge in [0.1, 0.15) is 0 Å². The van der Waals surface area contributed by atoms with Crippen molar-refractivity contribution in [3.63, 3.8) is 0 Å². The summed E-state index contributed by atoms with van der Waals surface area (Å²) in [4.78, 5) is 11.2. The second-order valence-corrected chi connectivity index (χ2v) is 4.26. The van der Waals surface area contributed by atoms with Gasteiger partial charge >= 0.3 is 0 Å². The standard InChI is InChI=1S/C10H17F2NO2/c1-7-6-15-4-3-8(7)13-9(14)5-10(2,11)12/h7-8H,3-6H2,1-2H3,(H,13,14). The Morgan fingerprint density at radius 2 is 2.27 bits per heavy atom. The molecule has 1 amide bonds. The minimum absolute atomic E-state index is 0.0337. The first kappa shape index (κ1) is 12.4. The van der Waals surface area contributed by atoms with E-state index in [-0.39, 0.29) is 12.0 Å². The quantitative estimate of drug-likeness (QED) is 0.785. The molecule has 1 saturated heterocycles. The molecule has 0 spiro atoms. The molecule has 2 atom stereocenters. The molecule has 2 unspecified atom stereocenters. The highest BCUT2D eigenvalue weighted by Crippen LogP contribution is 2.18. The lowest BCUT2D eigenvalue weighted by Gasteiger charge is -2.29. The van der Waals surface area contributed by atoms with Crippen LogP contribution in [0.1, 0.15) is 26.7 Å². The molecule has 0 aromatic carbocycles. The first-order valence-electron chi connectivity index (χ1n) is 5.13. The van der Waals surface area contributed by atoms with Gasteiger partial charge in [-0.2, -0.15) is 0 Å². The molecule has 0 radical (unpaired) electrons. The molecule has 0 aromatic heterocycles. The average molecular weight is 221 g/mol. The average Bonchev–Trinajstić information content (AvgIpc) is 2.05. The number of carbonyl (C=O) groups excluding carboxylic acids is 1. The fraction of sp³-hybridized carbons (Fsp3) is 0.900. The van der Waals surface area contributed by atoms with Gasteiger partial charge in [-0.3, -0.25) is 4.79 Å². The number of rotatable bonds is 3. The molecule has 1 aliphatic heterocycles. The number of halogens is 2. The van der Waals surface area contributed by atoms with E-state index in [4.69, 9.17) is 4.74 Å². The molecule has 1 rings (SSSR count). The second kappa shape index (κ2) is 4.88. The second-order valence-electron chi connectivity index (χ2n) is 4.26. The lowest BCUT2D eigenvalue weighted by Crippen LogP contribution is -2.45. The van der Waals surface area contributed by atoms with Crippen LogP contribution in [0.4, 0.5) is 8.78 Å². The summed E-state index contributed by atoms with van der Waals surface area (Å²) in [5.41, 5.74) is 0. The van der Waals surface area contributed by atoms with E-state index in [0.717, 1.165) is 6.92 Å². The van der Waals surface area contributed by atoms with Gasteiger partial charge < -0.3 is 10.1 Å². The lowest BCUT2D eigenvalue weighted by molar-refractivity contribution is -0.129. The minimum Gasteiger partial charge on any atom is -0.381 e. The molecular formula is C10H17F2NO2. The highest BCUT2D eigenvalue weighted by Gasteiger charge is 2.29. The number of carbonyl (C=O) groups is 1. The summed E-state index contributed by atoms with van der Waals surface area (Å²) in [6.07, 6.45) is -0.0424. The van der Waals surface area contributed by atoms with Gasteiger partial charge in [-0.25, -0.2) is 8.78 Å². The van der Waals surface area contributed by atoms with Crippen molar-refractivity contribution in [1.82, 2.24) is 5.32 Å².